The highest BCUT2D eigenvalue weighted by Gasteiger charge is 2.12. The van der Waals surface area contributed by atoms with E-state index in [0.29, 0.717) is 0 Å². The molecule has 0 bridgehead atoms. The van der Waals surface area contributed by atoms with Gasteiger partial charge in [0, 0.05) is 16.6 Å². The van der Waals surface area contributed by atoms with E-state index in [9.17, 15) is 5.11 Å². The number of hydrogen-bond acceptors (Lipinski definition) is 2. The quantitative estimate of drug-likeness (QED) is 0.744. The van der Waals surface area contributed by atoms with Crippen LogP contribution in [-0.4, -0.2) is 10.1 Å². The highest BCUT2D eigenvalue weighted by Crippen LogP contribution is 2.31. The van der Waals surface area contributed by atoms with Crippen LogP contribution >= 0.6 is 0 Å². The molecule has 0 saturated heterocycles. The Balaban J connectivity index is 2.32. The molecule has 2 heteroatoms. The summed E-state index contributed by atoms with van der Waals surface area (Å²) >= 11 is 0. The fourth-order valence-electron chi connectivity index (χ4n) is 2.80. The highest BCUT2D eigenvalue weighted by molar-refractivity contribution is 5.88. The van der Waals surface area contributed by atoms with E-state index in [2.05, 4.69) is 24.3 Å². The average Bonchev–Trinajstić information content (AvgIpc) is 2.46. The van der Waals surface area contributed by atoms with Gasteiger partial charge in [-0.1, -0.05) is 36.4 Å². The summed E-state index contributed by atoms with van der Waals surface area (Å²) in [4.78, 5) is 4.74. The van der Waals surface area contributed by atoms with Crippen molar-refractivity contribution in [2.75, 3.05) is 0 Å². The first-order valence-electron chi connectivity index (χ1n) is 7.21. The summed E-state index contributed by atoms with van der Waals surface area (Å²) < 4.78 is 0. The molecule has 0 aliphatic rings. The Labute approximate surface area is 125 Å². The fourth-order valence-corrected chi connectivity index (χ4v) is 2.80. The second kappa shape index (κ2) is 5.30. The van der Waals surface area contributed by atoms with Crippen molar-refractivity contribution in [1.82, 2.24) is 4.98 Å². The summed E-state index contributed by atoms with van der Waals surface area (Å²) in [7, 11) is 0. The van der Waals surface area contributed by atoms with Gasteiger partial charge in [-0.05, 0) is 49.6 Å². The summed E-state index contributed by atoms with van der Waals surface area (Å²) in [6.45, 7) is 5.87. The molecule has 0 fully saturated rings. The molecule has 3 rings (SSSR count). The van der Waals surface area contributed by atoms with Gasteiger partial charge in [0.25, 0.3) is 0 Å². The summed E-state index contributed by atoms with van der Waals surface area (Å²) in [5.74, 6) is 0. The Morgan fingerprint density at radius 1 is 1.00 bits per heavy atom. The minimum absolute atomic E-state index is 0.500. The predicted molar refractivity (Wildman–Crippen MR) is 87.3 cm³/mol. The lowest BCUT2D eigenvalue weighted by molar-refractivity contribution is 0.201. The molecule has 0 radical (unpaired) electrons. The number of aromatic nitrogens is 1. The number of pyridine rings is 1. The van der Waals surface area contributed by atoms with Gasteiger partial charge in [0.2, 0.25) is 0 Å². The first kappa shape index (κ1) is 13.8. The van der Waals surface area contributed by atoms with Gasteiger partial charge in [-0.15, -0.1) is 0 Å². The molecule has 0 saturated carbocycles. The average molecular weight is 277 g/mol. The van der Waals surface area contributed by atoms with Crippen LogP contribution in [0.5, 0.6) is 0 Å². The van der Waals surface area contributed by atoms with Gasteiger partial charge >= 0.3 is 0 Å². The van der Waals surface area contributed by atoms with Gasteiger partial charge in [-0.3, -0.25) is 4.98 Å². The molecule has 0 amide bonds. The van der Waals surface area contributed by atoms with Crippen LogP contribution in [0.15, 0.2) is 48.5 Å². The summed E-state index contributed by atoms with van der Waals surface area (Å²) in [5, 5.41) is 11.1. The molecule has 0 spiro atoms. The number of aliphatic hydroxyl groups is 1. The molecule has 1 unspecified atom stereocenters. The lowest BCUT2D eigenvalue weighted by Gasteiger charge is -2.14. The zero-order valence-electron chi connectivity index (χ0n) is 12.6. The first-order chi connectivity index (χ1) is 10.1. The van der Waals surface area contributed by atoms with Crippen molar-refractivity contribution >= 4 is 10.9 Å². The van der Waals surface area contributed by atoms with Crippen molar-refractivity contribution in [2.24, 2.45) is 0 Å². The summed E-state index contributed by atoms with van der Waals surface area (Å²) in [6.07, 6.45) is -0.500. The zero-order chi connectivity index (χ0) is 15.0. The Morgan fingerprint density at radius 2 is 1.71 bits per heavy atom. The molecule has 0 aliphatic heterocycles. The maximum absolute atomic E-state index is 10.0. The van der Waals surface area contributed by atoms with Crippen LogP contribution in [0, 0.1) is 13.8 Å². The largest absolute Gasteiger partial charge is 0.389 e. The van der Waals surface area contributed by atoms with Crippen LogP contribution < -0.4 is 0 Å². The number of benzene rings is 2. The first-order valence-corrected chi connectivity index (χ1v) is 7.21. The summed E-state index contributed by atoms with van der Waals surface area (Å²) in [5.41, 5.74) is 6.29. The van der Waals surface area contributed by atoms with E-state index in [4.69, 9.17) is 4.98 Å². The molecule has 2 aromatic carbocycles. The number of aryl methyl sites for hydroxylation is 2. The van der Waals surface area contributed by atoms with Crippen molar-refractivity contribution in [1.29, 1.82) is 0 Å². The number of nitrogens with zero attached hydrogens (tertiary/aromatic N) is 1. The number of fused-ring (bicyclic) bond motifs is 1. The Kier molecular flexibility index (Phi) is 3.48. The monoisotopic (exact) mass is 277 g/mol. The third kappa shape index (κ3) is 2.55. The van der Waals surface area contributed by atoms with Crippen molar-refractivity contribution < 1.29 is 5.11 Å². The number of rotatable bonds is 2. The number of hydrogen-bond donors (Lipinski definition) is 1. The van der Waals surface area contributed by atoms with Crippen molar-refractivity contribution in [2.45, 2.75) is 26.9 Å². The van der Waals surface area contributed by atoms with Gasteiger partial charge in [0.1, 0.15) is 0 Å². The minimum Gasteiger partial charge on any atom is -0.389 e. The molecular weight excluding hydrogens is 258 g/mol. The zero-order valence-corrected chi connectivity index (χ0v) is 12.6. The van der Waals surface area contributed by atoms with Crippen LogP contribution in [0.25, 0.3) is 22.0 Å². The van der Waals surface area contributed by atoms with E-state index in [1.807, 2.05) is 38.1 Å². The molecule has 1 heterocycles. The van der Waals surface area contributed by atoms with Gasteiger partial charge in [0.15, 0.2) is 0 Å². The second-order valence-corrected chi connectivity index (χ2v) is 5.58. The van der Waals surface area contributed by atoms with E-state index in [1.54, 1.807) is 6.92 Å². The second-order valence-electron chi connectivity index (χ2n) is 5.58. The molecule has 1 aromatic heterocycles. The predicted octanol–water partition coefficient (Wildman–Crippen LogP) is 4.57. The Hall–Kier alpha value is -2.19. The van der Waals surface area contributed by atoms with Crippen LogP contribution in [0.4, 0.5) is 0 Å². The van der Waals surface area contributed by atoms with Gasteiger partial charge in [-0.25, -0.2) is 0 Å². The third-order valence-electron chi connectivity index (χ3n) is 3.84. The third-order valence-corrected chi connectivity index (χ3v) is 3.84. The van der Waals surface area contributed by atoms with Crippen LogP contribution in [-0.2, 0) is 0 Å². The topological polar surface area (TPSA) is 33.1 Å². The van der Waals surface area contributed by atoms with Gasteiger partial charge in [-0.2, -0.15) is 0 Å². The van der Waals surface area contributed by atoms with Crippen LogP contribution in [0.3, 0.4) is 0 Å². The minimum atomic E-state index is -0.500. The fraction of sp³-hybridized carbons (Fsp3) is 0.211. The van der Waals surface area contributed by atoms with Crippen LogP contribution in [0.1, 0.15) is 29.8 Å². The molecule has 1 N–H and O–H groups in total. The Morgan fingerprint density at radius 3 is 2.38 bits per heavy atom. The van der Waals surface area contributed by atoms with Crippen molar-refractivity contribution in [3.8, 4) is 11.1 Å². The maximum atomic E-state index is 10.0. The van der Waals surface area contributed by atoms with Gasteiger partial charge in [0.05, 0.1) is 11.6 Å². The lowest BCUT2D eigenvalue weighted by Crippen LogP contribution is -1.97. The lowest BCUT2D eigenvalue weighted by atomic mass is 9.96. The smallest absolute Gasteiger partial charge is 0.0768 e. The van der Waals surface area contributed by atoms with Crippen molar-refractivity contribution in [3.05, 3.63) is 65.4 Å². The van der Waals surface area contributed by atoms with Crippen LogP contribution in [0.2, 0.25) is 0 Å². The molecule has 1 atom stereocenters. The van der Waals surface area contributed by atoms with Crippen molar-refractivity contribution in [3.63, 3.8) is 0 Å². The maximum Gasteiger partial charge on any atom is 0.0768 e. The molecule has 106 valence electrons. The number of aliphatic hydroxyl groups excluding tert-OH is 1. The van der Waals surface area contributed by atoms with E-state index < -0.39 is 6.10 Å². The molecule has 0 aliphatic carbocycles. The molecule has 2 nitrogen and oxygen atoms in total. The van der Waals surface area contributed by atoms with E-state index >= 15 is 0 Å². The molecular formula is C19H19NO. The van der Waals surface area contributed by atoms with E-state index in [1.165, 1.54) is 0 Å². The normalized spacial score (nSPS) is 12.6. The SMILES string of the molecule is Cc1cc(C(C)O)c2cc(-c3ccccc3)c(C)nc2c1. The molecule has 3 aromatic rings. The van der Waals surface area contributed by atoms with E-state index in [0.717, 1.165) is 38.9 Å². The Bertz CT molecular complexity index is 792. The highest BCUT2D eigenvalue weighted by atomic mass is 16.3. The summed E-state index contributed by atoms with van der Waals surface area (Å²) in [6, 6.07) is 16.5. The standard InChI is InChI=1S/C19H19NO/c1-12-9-17(14(3)21)18-11-16(13(2)20-19(18)10-12)15-7-5-4-6-8-15/h4-11,14,21H,1-3H3. The molecule has 21 heavy (non-hydrogen) atoms. The van der Waals surface area contributed by atoms with E-state index in [-0.39, 0.29) is 0 Å². The van der Waals surface area contributed by atoms with Gasteiger partial charge < -0.3 is 5.11 Å².